The molecule has 0 fully saturated rings. The molecule has 2 rings (SSSR count). The molecule has 16 heavy (non-hydrogen) atoms. The van der Waals surface area contributed by atoms with Crippen LogP contribution < -0.4 is 4.72 Å². The van der Waals surface area contributed by atoms with Gasteiger partial charge < -0.3 is 0 Å². The number of aliphatic imine (C=N–C) groups is 1. The highest BCUT2D eigenvalue weighted by molar-refractivity contribution is 9.10. The maximum absolute atomic E-state index is 12.0. The van der Waals surface area contributed by atoms with Gasteiger partial charge in [0.2, 0.25) is 0 Å². The number of hydrogen-bond donors (Lipinski definition) is 1. The van der Waals surface area contributed by atoms with Crippen molar-refractivity contribution in [3.05, 3.63) is 28.7 Å². The fraction of sp³-hybridized carbons (Fsp3) is 0.300. The van der Waals surface area contributed by atoms with Gasteiger partial charge in [0.05, 0.1) is 0 Å². The molecule has 1 aromatic carbocycles. The van der Waals surface area contributed by atoms with Crippen LogP contribution in [0.1, 0.15) is 12.8 Å². The number of nitrogens with zero attached hydrogens (tertiary/aromatic N) is 1. The third-order valence-corrected chi connectivity index (χ3v) is 4.65. The first kappa shape index (κ1) is 11.6. The Balaban J connectivity index is 2.29. The molecular formula is C10H11BrN2O2S. The average molecular weight is 303 g/mol. The molecule has 0 aliphatic carbocycles. The maximum atomic E-state index is 12.0. The van der Waals surface area contributed by atoms with Gasteiger partial charge >= 0.3 is 0 Å². The second kappa shape index (κ2) is 4.55. The van der Waals surface area contributed by atoms with E-state index in [4.69, 9.17) is 0 Å². The van der Waals surface area contributed by atoms with Gasteiger partial charge in [-0.05, 0) is 34.5 Å². The number of hydrogen-bond acceptors (Lipinski definition) is 3. The smallest absolute Gasteiger partial charge is 0.263 e. The SMILES string of the molecule is O=S(=O)(NC1=NCCC1)c1ccccc1Br. The minimum absolute atomic E-state index is 0.240. The molecule has 0 saturated carbocycles. The van der Waals surface area contributed by atoms with E-state index in [1.807, 2.05) is 0 Å². The minimum Gasteiger partial charge on any atom is -0.272 e. The predicted octanol–water partition coefficient (Wildman–Crippen LogP) is 1.92. The van der Waals surface area contributed by atoms with Gasteiger partial charge in [0.15, 0.2) is 0 Å². The fourth-order valence-corrected chi connectivity index (χ4v) is 3.59. The summed E-state index contributed by atoms with van der Waals surface area (Å²) in [5, 5.41) is 0. The third-order valence-electron chi connectivity index (χ3n) is 2.25. The van der Waals surface area contributed by atoms with E-state index in [1.54, 1.807) is 24.3 Å². The molecule has 86 valence electrons. The number of rotatable bonds is 2. The molecule has 0 unspecified atom stereocenters. The zero-order valence-electron chi connectivity index (χ0n) is 8.48. The Morgan fingerprint density at radius 1 is 1.31 bits per heavy atom. The second-order valence-corrected chi connectivity index (χ2v) is 5.97. The Bertz CT molecular complexity index is 525. The number of sulfonamides is 1. The lowest BCUT2D eigenvalue weighted by Gasteiger charge is -2.08. The molecule has 1 N–H and O–H groups in total. The van der Waals surface area contributed by atoms with E-state index < -0.39 is 10.0 Å². The molecule has 0 bridgehead atoms. The van der Waals surface area contributed by atoms with Gasteiger partial charge in [0.25, 0.3) is 10.0 Å². The number of benzene rings is 1. The first-order valence-corrected chi connectivity index (χ1v) is 7.18. The molecule has 0 atom stereocenters. The Morgan fingerprint density at radius 2 is 2.06 bits per heavy atom. The first-order valence-electron chi connectivity index (χ1n) is 4.90. The summed E-state index contributed by atoms with van der Waals surface area (Å²) in [6.45, 7) is 0.702. The lowest BCUT2D eigenvalue weighted by molar-refractivity contribution is 0.592. The van der Waals surface area contributed by atoms with Crippen molar-refractivity contribution in [3.63, 3.8) is 0 Å². The normalized spacial score (nSPS) is 15.9. The highest BCUT2D eigenvalue weighted by atomic mass is 79.9. The Kier molecular flexibility index (Phi) is 3.30. The summed E-state index contributed by atoms with van der Waals surface area (Å²) in [6, 6.07) is 6.72. The quantitative estimate of drug-likeness (QED) is 0.907. The van der Waals surface area contributed by atoms with Crippen molar-refractivity contribution in [2.45, 2.75) is 17.7 Å². The van der Waals surface area contributed by atoms with Crippen LogP contribution in [0.25, 0.3) is 0 Å². The van der Waals surface area contributed by atoms with Gasteiger partial charge in [0.1, 0.15) is 10.7 Å². The lowest BCUT2D eigenvalue weighted by atomic mass is 10.3. The van der Waals surface area contributed by atoms with Gasteiger partial charge in [-0.3, -0.25) is 9.71 Å². The summed E-state index contributed by atoms with van der Waals surface area (Å²) in [5.41, 5.74) is 0. The Hall–Kier alpha value is -0.880. The van der Waals surface area contributed by atoms with Crippen LogP contribution >= 0.6 is 15.9 Å². The molecule has 0 amide bonds. The van der Waals surface area contributed by atoms with Crippen LogP contribution in [0.2, 0.25) is 0 Å². The van der Waals surface area contributed by atoms with E-state index in [0.29, 0.717) is 23.3 Å². The Morgan fingerprint density at radius 3 is 2.69 bits per heavy atom. The average Bonchev–Trinajstić information content (AvgIpc) is 2.70. The van der Waals surface area contributed by atoms with Crippen molar-refractivity contribution >= 4 is 31.8 Å². The van der Waals surface area contributed by atoms with E-state index >= 15 is 0 Å². The minimum atomic E-state index is -3.50. The van der Waals surface area contributed by atoms with Crippen molar-refractivity contribution in [1.29, 1.82) is 0 Å². The largest absolute Gasteiger partial charge is 0.272 e. The molecule has 0 spiro atoms. The molecule has 1 aliphatic rings. The number of nitrogens with one attached hydrogen (secondary N) is 1. The maximum Gasteiger partial charge on any atom is 0.263 e. The second-order valence-electron chi connectivity index (χ2n) is 3.47. The van der Waals surface area contributed by atoms with E-state index in [2.05, 4.69) is 25.6 Å². The number of amidine groups is 1. The summed E-state index contributed by atoms with van der Waals surface area (Å²) >= 11 is 3.22. The first-order chi connectivity index (χ1) is 7.59. The van der Waals surface area contributed by atoms with Crippen LogP contribution in [0.15, 0.2) is 38.6 Å². The summed E-state index contributed by atoms with van der Waals surface area (Å²) in [7, 11) is -3.50. The predicted molar refractivity (Wildman–Crippen MR) is 66.0 cm³/mol. The van der Waals surface area contributed by atoms with Crippen molar-refractivity contribution < 1.29 is 8.42 Å². The van der Waals surface area contributed by atoms with Gasteiger partial charge in [-0.1, -0.05) is 12.1 Å². The van der Waals surface area contributed by atoms with Crippen LogP contribution in [0, 0.1) is 0 Å². The van der Waals surface area contributed by atoms with Crippen LogP contribution in [0.4, 0.5) is 0 Å². The fourth-order valence-electron chi connectivity index (χ4n) is 1.50. The van der Waals surface area contributed by atoms with Crippen LogP contribution in [-0.4, -0.2) is 20.8 Å². The van der Waals surface area contributed by atoms with Crippen LogP contribution in [-0.2, 0) is 10.0 Å². The standard InChI is InChI=1S/C10H11BrN2O2S/c11-8-4-1-2-5-9(8)16(14,15)13-10-6-3-7-12-10/h1-2,4-5H,3,6-7H2,(H,12,13). The zero-order valence-corrected chi connectivity index (χ0v) is 10.9. The van der Waals surface area contributed by atoms with Gasteiger partial charge in [0, 0.05) is 17.4 Å². The molecule has 1 aliphatic heterocycles. The molecule has 0 saturated heterocycles. The van der Waals surface area contributed by atoms with Crippen LogP contribution in [0.5, 0.6) is 0 Å². The molecule has 6 heteroatoms. The van der Waals surface area contributed by atoms with E-state index in [-0.39, 0.29) is 4.90 Å². The molecule has 1 heterocycles. The van der Waals surface area contributed by atoms with Crippen molar-refractivity contribution in [2.75, 3.05) is 6.54 Å². The molecule has 4 nitrogen and oxygen atoms in total. The van der Waals surface area contributed by atoms with Crippen molar-refractivity contribution in [2.24, 2.45) is 4.99 Å². The van der Waals surface area contributed by atoms with Crippen molar-refractivity contribution in [3.8, 4) is 0 Å². The van der Waals surface area contributed by atoms with E-state index in [0.717, 1.165) is 6.42 Å². The summed E-state index contributed by atoms with van der Waals surface area (Å²) in [4.78, 5) is 4.33. The van der Waals surface area contributed by atoms with Gasteiger partial charge in [-0.15, -0.1) is 0 Å². The van der Waals surface area contributed by atoms with Crippen molar-refractivity contribution in [1.82, 2.24) is 4.72 Å². The van der Waals surface area contributed by atoms with Crippen LogP contribution in [0.3, 0.4) is 0 Å². The highest BCUT2D eigenvalue weighted by Crippen LogP contribution is 2.21. The van der Waals surface area contributed by atoms with E-state index in [1.165, 1.54) is 0 Å². The Labute approximate surface area is 103 Å². The summed E-state index contributed by atoms with van der Waals surface area (Å²) in [5.74, 6) is 0.552. The highest BCUT2D eigenvalue weighted by Gasteiger charge is 2.19. The molecule has 0 aromatic heterocycles. The van der Waals surface area contributed by atoms with E-state index in [9.17, 15) is 8.42 Å². The molecular weight excluding hydrogens is 292 g/mol. The van der Waals surface area contributed by atoms with Gasteiger partial charge in [-0.25, -0.2) is 8.42 Å². The zero-order chi connectivity index (χ0) is 11.6. The lowest BCUT2D eigenvalue weighted by Crippen LogP contribution is -2.29. The number of halogens is 1. The third kappa shape index (κ3) is 2.44. The molecule has 1 aromatic rings. The van der Waals surface area contributed by atoms with Gasteiger partial charge in [-0.2, -0.15) is 0 Å². The molecule has 0 radical (unpaired) electrons. The summed E-state index contributed by atoms with van der Waals surface area (Å²) < 4.78 is 27.0. The topological polar surface area (TPSA) is 58.5 Å². The summed E-state index contributed by atoms with van der Waals surface area (Å²) in [6.07, 6.45) is 1.61. The monoisotopic (exact) mass is 302 g/mol.